The number of aromatic nitrogens is 1. The second-order valence-corrected chi connectivity index (χ2v) is 6.03. The minimum Gasteiger partial charge on any atom is -0.542 e. The van der Waals surface area contributed by atoms with E-state index in [1.807, 2.05) is 18.3 Å². The molecular formula is C16H20N2O5. The number of nitrogens with zero attached hydrogens (tertiary/aromatic N) is 2. The van der Waals surface area contributed by atoms with Crippen LogP contribution in [0.1, 0.15) is 30.7 Å². The molecule has 3 heterocycles. The molecule has 1 aromatic rings. The fourth-order valence-electron chi connectivity index (χ4n) is 3.21. The number of hydrogen-bond donors (Lipinski definition) is 2. The molecule has 1 aromatic heterocycles. The average molecular weight is 320 g/mol. The lowest BCUT2D eigenvalue weighted by molar-refractivity contribution is -0.769. The molecule has 0 spiro atoms. The molecule has 2 N–H and O–H groups in total. The van der Waals surface area contributed by atoms with Crippen molar-refractivity contribution in [2.45, 2.75) is 37.3 Å². The maximum absolute atomic E-state index is 11.0. The highest BCUT2D eigenvalue weighted by molar-refractivity contribution is 5.82. The molecule has 4 atom stereocenters. The van der Waals surface area contributed by atoms with Crippen molar-refractivity contribution in [3.63, 3.8) is 0 Å². The maximum atomic E-state index is 11.0. The van der Waals surface area contributed by atoms with Gasteiger partial charge in [-0.3, -0.25) is 4.90 Å². The number of carboxylic acid groups (broad SMARTS) is 1. The summed E-state index contributed by atoms with van der Waals surface area (Å²) < 4.78 is 6.89. The Kier molecular flexibility index (Phi) is 4.34. The van der Waals surface area contributed by atoms with E-state index in [1.54, 1.807) is 10.8 Å². The van der Waals surface area contributed by atoms with Crippen molar-refractivity contribution in [2.24, 2.45) is 0 Å². The number of carbonyl (C=O) groups is 1. The highest BCUT2D eigenvalue weighted by atomic mass is 16.5. The summed E-state index contributed by atoms with van der Waals surface area (Å²) in [7, 11) is 2.06. The van der Waals surface area contributed by atoms with E-state index in [-0.39, 0.29) is 6.04 Å². The molecule has 23 heavy (non-hydrogen) atoms. The van der Waals surface area contributed by atoms with Gasteiger partial charge in [-0.25, -0.2) is 0 Å². The van der Waals surface area contributed by atoms with Crippen molar-refractivity contribution in [3.8, 4) is 0 Å². The van der Waals surface area contributed by atoms with Crippen LogP contribution in [0.25, 0.3) is 0 Å². The Hall–Kier alpha value is -1.96. The number of carboxylic acids is 1. The van der Waals surface area contributed by atoms with Crippen molar-refractivity contribution in [3.05, 3.63) is 41.9 Å². The fraction of sp³-hybridized carbons (Fsp3) is 0.500. The number of aliphatic hydroxyl groups excluding tert-OH is 2. The first-order valence-electron chi connectivity index (χ1n) is 7.64. The molecular weight excluding hydrogens is 300 g/mol. The Morgan fingerprint density at radius 2 is 2.26 bits per heavy atom. The van der Waals surface area contributed by atoms with Crippen molar-refractivity contribution in [1.82, 2.24) is 4.90 Å². The van der Waals surface area contributed by atoms with Gasteiger partial charge in [0.2, 0.25) is 0 Å². The topological polar surface area (TPSA) is 96.9 Å². The Bertz CT molecular complexity index is 633. The molecule has 1 fully saturated rings. The van der Waals surface area contributed by atoms with Crippen LogP contribution in [-0.2, 0) is 9.53 Å². The molecule has 2 aliphatic heterocycles. The predicted octanol–water partition coefficient (Wildman–Crippen LogP) is -1.37. The van der Waals surface area contributed by atoms with Gasteiger partial charge in [0.05, 0.1) is 0 Å². The van der Waals surface area contributed by atoms with Crippen molar-refractivity contribution in [1.29, 1.82) is 0 Å². The van der Waals surface area contributed by atoms with Crippen LogP contribution in [0.3, 0.4) is 0 Å². The maximum Gasteiger partial charge on any atom is 0.331 e. The fourth-order valence-corrected chi connectivity index (χ4v) is 3.21. The summed E-state index contributed by atoms with van der Waals surface area (Å²) in [5, 5.41) is 31.0. The zero-order valence-corrected chi connectivity index (χ0v) is 12.8. The lowest BCUT2D eigenvalue weighted by Crippen LogP contribution is -2.53. The van der Waals surface area contributed by atoms with E-state index in [0.717, 1.165) is 31.0 Å². The Morgan fingerprint density at radius 3 is 2.91 bits per heavy atom. The molecule has 1 saturated heterocycles. The van der Waals surface area contributed by atoms with Gasteiger partial charge in [0, 0.05) is 17.7 Å². The second kappa shape index (κ2) is 6.27. The highest BCUT2D eigenvalue weighted by Crippen LogP contribution is 2.30. The average Bonchev–Trinajstić information content (AvgIpc) is 2.96. The summed E-state index contributed by atoms with van der Waals surface area (Å²) in [6.07, 6.45) is 3.01. The van der Waals surface area contributed by atoms with E-state index in [4.69, 9.17) is 4.74 Å². The summed E-state index contributed by atoms with van der Waals surface area (Å²) >= 11 is 0. The smallest absolute Gasteiger partial charge is 0.331 e. The summed E-state index contributed by atoms with van der Waals surface area (Å²) in [4.78, 5) is 13.2. The van der Waals surface area contributed by atoms with Crippen molar-refractivity contribution < 1.29 is 29.4 Å². The number of ether oxygens (including phenoxy) is 1. The third-order valence-corrected chi connectivity index (χ3v) is 4.46. The molecule has 7 heteroatoms. The molecule has 0 aromatic carbocycles. The number of carbonyl (C=O) groups excluding carboxylic acids is 1. The van der Waals surface area contributed by atoms with Crippen LogP contribution in [0.2, 0.25) is 0 Å². The van der Waals surface area contributed by atoms with Crippen LogP contribution in [0.15, 0.2) is 36.4 Å². The van der Waals surface area contributed by atoms with E-state index < -0.39 is 30.2 Å². The SMILES string of the molecule is CN1CCCC1c1ccc[n+](C2OC(C(=O)[O-])=CC(O)C2O)c1. The summed E-state index contributed by atoms with van der Waals surface area (Å²) in [5.74, 6) is -1.99. The Labute approximate surface area is 134 Å². The Morgan fingerprint density at radius 1 is 1.48 bits per heavy atom. The van der Waals surface area contributed by atoms with Gasteiger partial charge in [0.25, 0.3) is 0 Å². The molecule has 4 unspecified atom stereocenters. The number of rotatable bonds is 3. The molecule has 2 aliphatic rings. The third kappa shape index (κ3) is 3.08. The molecule has 0 radical (unpaired) electrons. The number of aliphatic carboxylic acids is 1. The van der Waals surface area contributed by atoms with Gasteiger partial charge < -0.3 is 24.9 Å². The standard InChI is InChI=1S/C16H20N2O5/c1-17-6-3-5-11(17)10-4-2-7-18(9-10)15-14(20)12(19)8-13(23-15)16(21)22/h2,4,7-9,11-12,14-15,19-20H,3,5-6H2,1H3. The zero-order chi connectivity index (χ0) is 16.6. The lowest BCUT2D eigenvalue weighted by Gasteiger charge is -2.28. The highest BCUT2D eigenvalue weighted by Gasteiger charge is 2.40. The van der Waals surface area contributed by atoms with Crippen LogP contribution in [0, 0.1) is 0 Å². The molecule has 3 rings (SSSR count). The normalized spacial score (nSPS) is 31.5. The summed E-state index contributed by atoms with van der Waals surface area (Å²) in [5.41, 5.74) is 1.06. The van der Waals surface area contributed by atoms with Gasteiger partial charge in [-0.05, 0) is 38.6 Å². The summed E-state index contributed by atoms with van der Waals surface area (Å²) in [6, 6.07) is 4.09. The molecule has 0 aliphatic carbocycles. The third-order valence-electron chi connectivity index (χ3n) is 4.46. The van der Waals surface area contributed by atoms with Crippen LogP contribution in [0.4, 0.5) is 0 Å². The van der Waals surface area contributed by atoms with Crippen LogP contribution < -0.4 is 9.67 Å². The molecule has 0 saturated carbocycles. The lowest BCUT2D eigenvalue weighted by atomic mass is 10.1. The number of pyridine rings is 1. The van der Waals surface area contributed by atoms with Crippen molar-refractivity contribution in [2.75, 3.05) is 13.6 Å². The van der Waals surface area contributed by atoms with Gasteiger partial charge in [-0.15, -0.1) is 0 Å². The first-order valence-corrected chi connectivity index (χ1v) is 7.64. The molecule has 0 amide bonds. The van der Waals surface area contributed by atoms with Gasteiger partial charge in [0.15, 0.2) is 18.5 Å². The van der Waals surface area contributed by atoms with E-state index in [1.165, 1.54) is 0 Å². The monoisotopic (exact) mass is 320 g/mol. The van der Waals surface area contributed by atoms with Crippen LogP contribution in [-0.4, -0.2) is 46.9 Å². The minimum absolute atomic E-state index is 0.282. The van der Waals surface area contributed by atoms with Gasteiger partial charge in [-0.1, -0.05) is 0 Å². The van der Waals surface area contributed by atoms with Crippen LogP contribution in [0.5, 0.6) is 0 Å². The van der Waals surface area contributed by atoms with E-state index in [2.05, 4.69) is 11.9 Å². The van der Waals surface area contributed by atoms with Crippen LogP contribution >= 0.6 is 0 Å². The molecule has 7 nitrogen and oxygen atoms in total. The predicted molar refractivity (Wildman–Crippen MR) is 76.5 cm³/mol. The number of likely N-dealkylation sites (tertiary alicyclic amines) is 1. The Balaban J connectivity index is 1.89. The summed E-state index contributed by atoms with van der Waals surface area (Å²) in [6.45, 7) is 1.03. The quantitative estimate of drug-likeness (QED) is 0.667. The number of hydrogen-bond acceptors (Lipinski definition) is 6. The van der Waals surface area contributed by atoms with Gasteiger partial charge >= 0.3 is 6.23 Å². The van der Waals surface area contributed by atoms with E-state index in [0.29, 0.717) is 0 Å². The molecule has 124 valence electrons. The van der Waals surface area contributed by atoms with E-state index >= 15 is 0 Å². The minimum atomic E-state index is -1.52. The van der Waals surface area contributed by atoms with Crippen molar-refractivity contribution >= 4 is 5.97 Å². The van der Waals surface area contributed by atoms with Gasteiger partial charge in [0.1, 0.15) is 17.8 Å². The van der Waals surface area contributed by atoms with E-state index in [9.17, 15) is 20.1 Å². The zero-order valence-electron chi connectivity index (χ0n) is 12.8. The van der Waals surface area contributed by atoms with Gasteiger partial charge in [-0.2, -0.15) is 4.57 Å². The second-order valence-electron chi connectivity index (χ2n) is 6.03. The molecule has 0 bridgehead atoms. The first kappa shape index (κ1) is 15.9. The largest absolute Gasteiger partial charge is 0.542 e. The number of aliphatic hydroxyl groups is 2. The first-order chi connectivity index (χ1) is 11.0.